The Kier molecular flexibility index (Phi) is 5.38. The molecule has 0 saturated carbocycles. The first-order valence-electron chi connectivity index (χ1n) is 6.45. The van der Waals surface area contributed by atoms with Crippen molar-refractivity contribution in [2.45, 2.75) is 36.8 Å². The fourth-order valence-electron chi connectivity index (χ4n) is 1.78. The number of aromatic amines is 1. The molecule has 0 atom stereocenters. The topological polar surface area (TPSA) is 45.8 Å². The Hall–Kier alpha value is -0.530. The summed E-state index contributed by atoms with van der Waals surface area (Å²) in [6.45, 7) is 6.18. The van der Waals surface area contributed by atoms with Gasteiger partial charge in [-0.15, -0.1) is 11.8 Å². The molecule has 21 heavy (non-hydrogen) atoms. The number of nitrogens with one attached hydrogen (secondary N) is 1. The predicted molar refractivity (Wildman–Crippen MR) is 97.3 cm³/mol. The first kappa shape index (κ1) is 16.8. The smallest absolute Gasteiger partial charge is 0.264 e. The molecular formula is C15H16ClIN2OS. The van der Waals surface area contributed by atoms with Crippen molar-refractivity contribution in [1.29, 1.82) is 0 Å². The van der Waals surface area contributed by atoms with E-state index in [2.05, 4.69) is 53.3 Å². The number of rotatable bonds is 3. The molecule has 0 unspecified atom stereocenters. The molecule has 1 aromatic carbocycles. The lowest BCUT2D eigenvalue weighted by Crippen LogP contribution is -2.25. The Labute approximate surface area is 147 Å². The maximum Gasteiger partial charge on any atom is 0.264 e. The second-order valence-corrected chi connectivity index (χ2v) is 8.24. The zero-order valence-corrected chi connectivity index (χ0v) is 15.8. The molecule has 0 spiro atoms. The van der Waals surface area contributed by atoms with Gasteiger partial charge in [0.25, 0.3) is 5.56 Å². The van der Waals surface area contributed by atoms with Crippen LogP contribution in [0.5, 0.6) is 0 Å². The third-order valence-electron chi connectivity index (χ3n) is 2.79. The van der Waals surface area contributed by atoms with Crippen molar-refractivity contribution in [1.82, 2.24) is 9.97 Å². The van der Waals surface area contributed by atoms with Crippen molar-refractivity contribution in [2.24, 2.45) is 0 Å². The quantitative estimate of drug-likeness (QED) is 0.566. The Morgan fingerprint density at radius 3 is 2.71 bits per heavy atom. The maximum atomic E-state index is 12.0. The third-order valence-corrected chi connectivity index (χ3v) is 5.03. The monoisotopic (exact) mass is 434 g/mol. The summed E-state index contributed by atoms with van der Waals surface area (Å²) in [6, 6.07) is 7.65. The number of benzene rings is 1. The number of thioether (sulfide) groups is 1. The van der Waals surface area contributed by atoms with E-state index in [0.717, 1.165) is 10.6 Å². The average Bonchev–Trinajstić information content (AvgIpc) is 2.38. The lowest BCUT2D eigenvalue weighted by atomic mass is 9.92. The molecule has 1 N–H and O–H groups in total. The van der Waals surface area contributed by atoms with Crippen LogP contribution in [0.25, 0.3) is 0 Å². The molecule has 1 heterocycles. The number of halogens is 2. The predicted octanol–water partition coefficient (Wildman–Crippen LogP) is 4.62. The minimum Gasteiger partial charge on any atom is -0.309 e. The van der Waals surface area contributed by atoms with Crippen LogP contribution in [-0.2, 0) is 11.2 Å². The molecule has 0 aliphatic carbocycles. The Bertz CT molecular complexity index is 710. The molecule has 2 rings (SSSR count). The number of hydrogen-bond donors (Lipinski definition) is 1. The highest BCUT2D eigenvalue weighted by Gasteiger charge is 2.21. The molecule has 0 radical (unpaired) electrons. The molecule has 0 aliphatic heterocycles. The van der Waals surface area contributed by atoms with Crippen LogP contribution in [0.3, 0.4) is 0 Å². The van der Waals surface area contributed by atoms with Crippen LogP contribution in [0.2, 0.25) is 5.02 Å². The Balaban J connectivity index is 2.25. The number of hydrogen-bond acceptors (Lipinski definition) is 3. The van der Waals surface area contributed by atoms with E-state index in [4.69, 9.17) is 11.6 Å². The molecule has 0 saturated heterocycles. The second kappa shape index (κ2) is 6.71. The van der Waals surface area contributed by atoms with Crippen LogP contribution in [0.15, 0.2) is 34.0 Å². The summed E-state index contributed by atoms with van der Waals surface area (Å²) in [6.07, 6.45) is 0. The van der Waals surface area contributed by atoms with Gasteiger partial charge in [-0.2, -0.15) is 0 Å². The van der Waals surface area contributed by atoms with E-state index >= 15 is 0 Å². The van der Waals surface area contributed by atoms with Crippen LogP contribution in [0.4, 0.5) is 0 Å². The van der Waals surface area contributed by atoms with Crippen molar-refractivity contribution in [3.63, 3.8) is 0 Å². The SMILES string of the molecule is CC(C)(C)c1nc(CSc2cccc(Cl)c2)[nH]c(=O)c1I. The van der Waals surface area contributed by atoms with Gasteiger partial charge in [0, 0.05) is 15.3 Å². The summed E-state index contributed by atoms with van der Waals surface area (Å²) < 4.78 is 0.664. The standard InChI is InChI=1S/C15H16ClIN2OS/c1-15(2,3)13-12(17)14(20)19-11(18-13)8-21-10-6-4-5-9(16)7-10/h4-7H,8H2,1-3H3,(H,18,19,20). The van der Waals surface area contributed by atoms with E-state index in [9.17, 15) is 4.79 Å². The van der Waals surface area contributed by atoms with Gasteiger partial charge in [0.05, 0.1) is 11.4 Å². The van der Waals surface area contributed by atoms with E-state index in [-0.39, 0.29) is 11.0 Å². The van der Waals surface area contributed by atoms with Crippen molar-refractivity contribution >= 4 is 46.0 Å². The van der Waals surface area contributed by atoms with E-state index < -0.39 is 0 Å². The first-order valence-corrected chi connectivity index (χ1v) is 8.89. The van der Waals surface area contributed by atoms with Gasteiger partial charge < -0.3 is 4.98 Å². The molecule has 112 valence electrons. The van der Waals surface area contributed by atoms with Gasteiger partial charge in [0.1, 0.15) is 9.39 Å². The molecular weight excluding hydrogens is 419 g/mol. The van der Waals surface area contributed by atoms with Gasteiger partial charge in [-0.3, -0.25) is 4.79 Å². The summed E-state index contributed by atoms with van der Waals surface area (Å²) in [5, 5.41) is 0.708. The molecule has 0 bridgehead atoms. The summed E-state index contributed by atoms with van der Waals surface area (Å²) >= 11 is 9.63. The molecule has 2 aromatic rings. The van der Waals surface area contributed by atoms with Crippen LogP contribution in [0.1, 0.15) is 32.3 Å². The molecule has 6 heteroatoms. The minimum absolute atomic E-state index is 0.0720. The fourth-order valence-corrected chi connectivity index (χ4v) is 3.92. The average molecular weight is 435 g/mol. The van der Waals surface area contributed by atoms with Crippen LogP contribution in [-0.4, -0.2) is 9.97 Å². The van der Waals surface area contributed by atoms with Gasteiger partial charge in [-0.05, 0) is 40.8 Å². The van der Waals surface area contributed by atoms with Crippen molar-refractivity contribution in [2.75, 3.05) is 0 Å². The van der Waals surface area contributed by atoms with Crippen molar-refractivity contribution in [3.05, 3.63) is 54.7 Å². The van der Waals surface area contributed by atoms with Gasteiger partial charge in [0.2, 0.25) is 0 Å². The number of H-pyrrole nitrogens is 1. The van der Waals surface area contributed by atoms with Gasteiger partial charge in [-0.1, -0.05) is 38.4 Å². The van der Waals surface area contributed by atoms with Crippen molar-refractivity contribution in [3.8, 4) is 0 Å². The summed E-state index contributed by atoms with van der Waals surface area (Å²) in [5.74, 6) is 1.30. The van der Waals surface area contributed by atoms with Crippen LogP contribution < -0.4 is 5.56 Å². The first-order chi connectivity index (χ1) is 9.77. The lowest BCUT2D eigenvalue weighted by Gasteiger charge is -2.19. The normalized spacial score (nSPS) is 11.7. The summed E-state index contributed by atoms with van der Waals surface area (Å²) in [4.78, 5) is 20.6. The van der Waals surface area contributed by atoms with Crippen molar-refractivity contribution < 1.29 is 0 Å². The van der Waals surface area contributed by atoms with Crippen LogP contribution >= 0.6 is 46.0 Å². The van der Waals surface area contributed by atoms with Gasteiger partial charge >= 0.3 is 0 Å². The number of aromatic nitrogens is 2. The summed E-state index contributed by atoms with van der Waals surface area (Å²) in [7, 11) is 0. The van der Waals surface area contributed by atoms with Gasteiger partial charge in [-0.25, -0.2) is 4.98 Å². The minimum atomic E-state index is -0.153. The highest BCUT2D eigenvalue weighted by Crippen LogP contribution is 2.26. The molecule has 3 nitrogen and oxygen atoms in total. The Morgan fingerprint density at radius 1 is 1.38 bits per heavy atom. The van der Waals surface area contributed by atoms with Crippen LogP contribution in [0, 0.1) is 3.57 Å². The Morgan fingerprint density at radius 2 is 2.10 bits per heavy atom. The van der Waals surface area contributed by atoms with E-state index in [1.807, 2.05) is 24.3 Å². The van der Waals surface area contributed by atoms with E-state index in [1.165, 1.54) is 0 Å². The highest BCUT2D eigenvalue weighted by molar-refractivity contribution is 14.1. The largest absolute Gasteiger partial charge is 0.309 e. The third kappa shape index (κ3) is 4.47. The molecule has 0 aliphatic rings. The number of nitrogens with zero attached hydrogens (tertiary/aromatic N) is 1. The maximum absolute atomic E-state index is 12.0. The molecule has 0 amide bonds. The molecule has 1 aromatic heterocycles. The summed E-state index contributed by atoms with van der Waals surface area (Å²) in [5.41, 5.74) is 0.617. The fraction of sp³-hybridized carbons (Fsp3) is 0.333. The lowest BCUT2D eigenvalue weighted by molar-refractivity contribution is 0.557. The van der Waals surface area contributed by atoms with Gasteiger partial charge in [0.15, 0.2) is 0 Å². The van der Waals surface area contributed by atoms with E-state index in [1.54, 1.807) is 11.8 Å². The van der Waals surface area contributed by atoms with E-state index in [0.29, 0.717) is 20.2 Å². The zero-order chi connectivity index (χ0) is 15.6. The zero-order valence-electron chi connectivity index (χ0n) is 12.0. The second-order valence-electron chi connectivity index (χ2n) is 5.67. The highest BCUT2D eigenvalue weighted by atomic mass is 127. The molecule has 0 fully saturated rings.